The quantitative estimate of drug-likeness (QED) is 0.843. The van der Waals surface area contributed by atoms with E-state index in [1.165, 1.54) is 12.1 Å². The van der Waals surface area contributed by atoms with Crippen LogP contribution in [0.15, 0.2) is 47.5 Å². The van der Waals surface area contributed by atoms with Crippen LogP contribution in [0, 0.1) is 5.92 Å². The number of hydrogen-bond acceptors (Lipinski definition) is 4. The van der Waals surface area contributed by atoms with Gasteiger partial charge in [-0.2, -0.15) is 0 Å². The van der Waals surface area contributed by atoms with Crippen LogP contribution in [0.2, 0.25) is 5.02 Å². The number of halogens is 1. The summed E-state index contributed by atoms with van der Waals surface area (Å²) in [6, 6.07) is 9.66. The number of hydrogen-bond donors (Lipinski definition) is 2. The van der Waals surface area contributed by atoms with Crippen LogP contribution in [0.4, 0.5) is 11.5 Å². The zero-order valence-corrected chi connectivity index (χ0v) is 13.9. The van der Waals surface area contributed by atoms with Gasteiger partial charge >= 0.3 is 0 Å². The van der Waals surface area contributed by atoms with Gasteiger partial charge in [0.25, 0.3) is 10.0 Å². The topological polar surface area (TPSA) is 71.1 Å². The van der Waals surface area contributed by atoms with Crippen LogP contribution < -0.4 is 10.0 Å². The molecule has 1 aromatic carbocycles. The number of rotatable bonds is 6. The van der Waals surface area contributed by atoms with Gasteiger partial charge in [-0.25, -0.2) is 13.4 Å². The number of sulfonamides is 1. The number of aromatic nitrogens is 1. The second kappa shape index (κ2) is 6.98. The van der Waals surface area contributed by atoms with Crippen molar-refractivity contribution in [3.05, 3.63) is 47.6 Å². The first-order valence-corrected chi connectivity index (χ1v) is 8.72. The van der Waals surface area contributed by atoms with Crippen molar-refractivity contribution >= 4 is 33.1 Å². The molecule has 0 bridgehead atoms. The third kappa shape index (κ3) is 4.35. The van der Waals surface area contributed by atoms with Crippen molar-refractivity contribution in [2.45, 2.75) is 18.7 Å². The van der Waals surface area contributed by atoms with Gasteiger partial charge < -0.3 is 5.32 Å². The van der Waals surface area contributed by atoms with Crippen LogP contribution in [0.3, 0.4) is 0 Å². The molecule has 0 saturated heterocycles. The highest BCUT2D eigenvalue weighted by atomic mass is 35.5. The summed E-state index contributed by atoms with van der Waals surface area (Å²) in [5.41, 5.74) is 0.842. The molecule has 0 aliphatic carbocycles. The van der Waals surface area contributed by atoms with E-state index in [0.29, 0.717) is 5.92 Å². The normalized spacial score (nSPS) is 11.5. The summed E-state index contributed by atoms with van der Waals surface area (Å²) < 4.78 is 27.0. The van der Waals surface area contributed by atoms with Gasteiger partial charge in [-0.15, -0.1) is 0 Å². The predicted octanol–water partition coefficient (Wildman–Crippen LogP) is 3.60. The Balaban J connectivity index is 2.12. The molecule has 2 aromatic rings. The van der Waals surface area contributed by atoms with E-state index in [2.05, 4.69) is 28.9 Å². The molecule has 0 spiro atoms. The smallest absolute Gasteiger partial charge is 0.264 e. The van der Waals surface area contributed by atoms with Gasteiger partial charge in [-0.1, -0.05) is 37.6 Å². The molecule has 118 valence electrons. The first-order chi connectivity index (χ1) is 10.4. The molecule has 0 amide bonds. The Morgan fingerprint density at radius 2 is 1.91 bits per heavy atom. The molecule has 0 saturated carbocycles. The third-order valence-electron chi connectivity index (χ3n) is 2.84. The summed E-state index contributed by atoms with van der Waals surface area (Å²) in [6.07, 6.45) is 1.59. The van der Waals surface area contributed by atoms with Crippen LogP contribution in [0.5, 0.6) is 0 Å². The largest absolute Gasteiger partial charge is 0.384 e. The van der Waals surface area contributed by atoms with Crippen molar-refractivity contribution in [1.29, 1.82) is 0 Å². The van der Waals surface area contributed by atoms with Gasteiger partial charge in [0.2, 0.25) is 0 Å². The number of benzene rings is 1. The van der Waals surface area contributed by atoms with E-state index in [4.69, 9.17) is 11.6 Å². The van der Waals surface area contributed by atoms with E-state index in [1.807, 2.05) is 0 Å². The zero-order chi connectivity index (χ0) is 16.2. The molecule has 0 atom stereocenters. The molecule has 0 aliphatic heterocycles. The Kier molecular flexibility index (Phi) is 5.26. The van der Waals surface area contributed by atoms with E-state index in [0.717, 1.165) is 12.2 Å². The van der Waals surface area contributed by atoms with Crippen LogP contribution in [-0.4, -0.2) is 19.9 Å². The van der Waals surface area contributed by atoms with Gasteiger partial charge in [-0.05, 0) is 30.2 Å². The van der Waals surface area contributed by atoms with Gasteiger partial charge in [0, 0.05) is 6.54 Å². The number of nitrogens with one attached hydrogen (secondary N) is 2. The molecule has 22 heavy (non-hydrogen) atoms. The first kappa shape index (κ1) is 16.6. The predicted molar refractivity (Wildman–Crippen MR) is 89.8 cm³/mol. The summed E-state index contributed by atoms with van der Waals surface area (Å²) >= 11 is 5.92. The van der Waals surface area contributed by atoms with Crippen molar-refractivity contribution in [2.75, 3.05) is 16.6 Å². The first-order valence-electron chi connectivity index (χ1n) is 6.86. The Bertz CT molecular complexity index is 731. The van der Waals surface area contributed by atoms with E-state index in [1.54, 1.807) is 30.5 Å². The van der Waals surface area contributed by atoms with Crippen molar-refractivity contribution in [1.82, 2.24) is 4.98 Å². The van der Waals surface area contributed by atoms with Gasteiger partial charge in [0.1, 0.15) is 10.7 Å². The fourth-order valence-electron chi connectivity index (χ4n) is 1.74. The molecule has 2 N–H and O–H groups in total. The SMILES string of the molecule is CC(C)CNc1ccc(NS(=O)(=O)c2ccccc2Cl)nc1. The fraction of sp³-hybridized carbons (Fsp3) is 0.267. The van der Waals surface area contributed by atoms with E-state index in [-0.39, 0.29) is 15.7 Å². The van der Waals surface area contributed by atoms with E-state index in [9.17, 15) is 8.42 Å². The van der Waals surface area contributed by atoms with E-state index < -0.39 is 10.0 Å². The van der Waals surface area contributed by atoms with Gasteiger partial charge in [0.15, 0.2) is 0 Å². The highest BCUT2D eigenvalue weighted by molar-refractivity contribution is 7.92. The minimum absolute atomic E-state index is 0.0282. The molecule has 1 heterocycles. The summed E-state index contributed by atoms with van der Waals surface area (Å²) in [6.45, 7) is 5.03. The molecule has 5 nitrogen and oxygen atoms in total. The maximum absolute atomic E-state index is 12.3. The van der Waals surface area contributed by atoms with Crippen molar-refractivity contribution in [2.24, 2.45) is 5.92 Å². The number of nitrogens with zero attached hydrogens (tertiary/aromatic N) is 1. The lowest BCUT2D eigenvalue weighted by Gasteiger charge is -2.11. The molecule has 1 aromatic heterocycles. The summed E-state index contributed by atoms with van der Waals surface area (Å²) in [5.74, 6) is 0.758. The Hall–Kier alpha value is -1.79. The van der Waals surface area contributed by atoms with Crippen LogP contribution in [-0.2, 0) is 10.0 Å². The zero-order valence-electron chi connectivity index (χ0n) is 12.4. The second-order valence-corrected chi connectivity index (χ2v) is 7.30. The maximum Gasteiger partial charge on any atom is 0.264 e. The van der Waals surface area contributed by atoms with Crippen LogP contribution in [0.1, 0.15) is 13.8 Å². The average molecular weight is 340 g/mol. The Morgan fingerprint density at radius 3 is 2.50 bits per heavy atom. The number of pyridine rings is 1. The minimum atomic E-state index is -3.75. The van der Waals surface area contributed by atoms with Crippen molar-refractivity contribution in [3.63, 3.8) is 0 Å². The molecule has 0 unspecified atom stereocenters. The molecule has 0 aliphatic rings. The van der Waals surface area contributed by atoms with Gasteiger partial charge in [-0.3, -0.25) is 4.72 Å². The minimum Gasteiger partial charge on any atom is -0.384 e. The molecule has 2 rings (SSSR count). The van der Waals surface area contributed by atoms with Gasteiger partial charge in [0.05, 0.1) is 16.9 Å². The summed E-state index contributed by atoms with van der Waals surface area (Å²) in [7, 11) is -3.75. The second-order valence-electron chi connectivity index (χ2n) is 5.24. The highest BCUT2D eigenvalue weighted by Crippen LogP contribution is 2.23. The number of anilines is 2. The molecular formula is C15H18ClN3O2S. The van der Waals surface area contributed by atoms with E-state index >= 15 is 0 Å². The van der Waals surface area contributed by atoms with Crippen LogP contribution >= 0.6 is 11.6 Å². The Morgan fingerprint density at radius 1 is 1.18 bits per heavy atom. The molecular weight excluding hydrogens is 322 g/mol. The molecule has 7 heteroatoms. The average Bonchev–Trinajstić information content (AvgIpc) is 2.46. The third-order valence-corrected chi connectivity index (χ3v) is 4.70. The monoisotopic (exact) mass is 339 g/mol. The molecule has 0 fully saturated rings. The Labute approximate surface area is 135 Å². The van der Waals surface area contributed by atoms with Crippen molar-refractivity contribution in [3.8, 4) is 0 Å². The summed E-state index contributed by atoms with van der Waals surface area (Å²) in [4.78, 5) is 4.13. The standard InChI is InChI=1S/C15H18ClN3O2S/c1-11(2)9-17-12-7-8-15(18-10-12)19-22(20,21)14-6-4-3-5-13(14)16/h3-8,10-11,17H,9H2,1-2H3,(H,18,19). The lowest BCUT2D eigenvalue weighted by Crippen LogP contribution is -2.14. The summed E-state index contributed by atoms with van der Waals surface area (Å²) in [5, 5.41) is 3.39. The fourth-order valence-corrected chi connectivity index (χ4v) is 3.27. The lowest BCUT2D eigenvalue weighted by molar-refractivity contribution is 0.601. The van der Waals surface area contributed by atoms with Crippen LogP contribution in [0.25, 0.3) is 0 Å². The highest BCUT2D eigenvalue weighted by Gasteiger charge is 2.17. The lowest BCUT2D eigenvalue weighted by atomic mass is 10.2. The molecule has 0 radical (unpaired) electrons. The van der Waals surface area contributed by atoms with Crippen molar-refractivity contribution < 1.29 is 8.42 Å². The maximum atomic E-state index is 12.3.